The summed E-state index contributed by atoms with van der Waals surface area (Å²) in [6.45, 7) is 2.55. The van der Waals surface area contributed by atoms with E-state index in [9.17, 15) is 9.59 Å². The molecule has 0 radical (unpaired) electrons. The van der Waals surface area contributed by atoms with E-state index in [0.717, 1.165) is 19.5 Å². The maximum Gasteiger partial charge on any atom is 0.239 e. The highest BCUT2D eigenvalue weighted by Crippen LogP contribution is 2.17. The minimum absolute atomic E-state index is 0. The van der Waals surface area contributed by atoms with Gasteiger partial charge in [0.1, 0.15) is 5.76 Å². The lowest BCUT2D eigenvalue weighted by molar-refractivity contribution is -0.127. The molecule has 3 rings (SSSR count). The average Bonchev–Trinajstić information content (AvgIpc) is 3.41. The van der Waals surface area contributed by atoms with Crippen molar-refractivity contribution < 1.29 is 14.0 Å². The third-order valence-electron chi connectivity index (χ3n) is 5.05. The molecule has 1 aliphatic heterocycles. The van der Waals surface area contributed by atoms with Crippen LogP contribution in [0.5, 0.6) is 0 Å². The number of likely N-dealkylation sites (tertiary alicyclic amines) is 1. The number of carbonyl (C=O) groups is 2. The predicted molar refractivity (Wildman–Crippen MR) is 130 cm³/mol. The van der Waals surface area contributed by atoms with Crippen molar-refractivity contribution in [2.45, 2.75) is 19.4 Å². The van der Waals surface area contributed by atoms with Crippen LogP contribution in [0.4, 0.5) is 0 Å². The number of hydrogen-bond donors (Lipinski definition) is 3. The van der Waals surface area contributed by atoms with Gasteiger partial charge in [-0.15, -0.1) is 24.0 Å². The van der Waals surface area contributed by atoms with Crippen molar-refractivity contribution in [2.24, 2.45) is 10.9 Å². The first-order valence-corrected chi connectivity index (χ1v) is 10.2. The van der Waals surface area contributed by atoms with Gasteiger partial charge in [0.05, 0.1) is 19.4 Å². The van der Waals surface area contributed by atoms with E-state index in [1.165, 1.54) is 5.56 Å². The van der Waals surface area contributed by atoms with E-state index in [1.807, 2.05) is 23.1 Å². The summed E-state index contributed by atoms with van der Waals surface area (Å²) in [5.74, 6) is 1.50. The first kappa shape index (κ1) is 24.7. The SMILES string of the molecule is CN=C(NCC(=O)NCc1ccco1)NCC1CC(=O)N(CCc2ccccc2)C1.I. The van der Waals surface area contributed by atoms with E-state index >= 15 is 0 Å². The number of benzene rings is 1. The highest BCUT2D eigenvalue weighted by molar-refractivity contribution is 14.0. The van der Waals surface area contributed by atoms with Crippen molar-refractivity contribution in [3.63, 3.8) is 0 Å². The second-order valence-electron chi connectivity index (χ2n) is 7.31. The molecule has 1 aromatic carbocycles. The summed E-state index contributed by atoms with van der Waals surface area (Å²) in [5, 5.41) is 8.97. The van der Waals surface area contributed by atoms with Gasteiger partial charge < -0.3 is 25.3 Å². The van der Waals surface area contributed by atoms with Crippen LogP contribution in [0.1, 0.15) is 17.7 Å². The van der Waals surface area contributed by atoms with Crippen LogP contribution < -0.4 is 16.0 Å². The van der Waals surface area contributed by atoms with Crippen LogP contribution in [0.2, 0.25) is 0 Å². The molecule has 1 fully saturated rings. The Kier molecular flexibility index (Phi) is 10.3. The van der Waals surface area contributed by atoms with Crippen molar-refractivity contribution in [2.75, 3.05) is 33.2 Å². The molecule has 9 heteroatoms. The molecule has 1 aromatic heterocycles. The molecule has 2 aromatic rings. The number of guanidine groups is 1. The molecule has 1 aliphatic rings. The molecule has 0 saturated carbocycles. The molecule has 2 heterocycles. The van der Waals surface area contributed by atoms with Crippen molar-refractivity contribution in [3.8, 4) is 0 Å². The van der Waals surface area contributed by atoms with Crippen LogP contribution in [-0.2, 0) is 22.6 Å². The molecule has 2 amide bonds. The van der Waals surface area contributed by atoms with E-state index in [2.05, 4.69) is 33.1 Å². The zero-order chi connectivity index (χ0) is 21.2. The molecule has 1 saturated heterocycles. The topological polar surface area (TPSA) is 99.0 Å². The number of carbonyl (C=O) groups excluding carboxylic acids is 2. The lowest BCUT2D eigenvalue weighted by Gasteiger charge is -2.18. The summed E-state index contributed by atoms with van der Waals surface area (Å²) in [6.07, 6.45) is 2.97. The summed E-state index contributed by atoms with van der Waals surface area (Å²) in [7, 11) is 1.65. The summed E-state index contributed by atoms with van der Waals surface area (Å²) < 4.78 is 5.18. The Labute approximate surface area is 199 Å². The summed E-state index contributed by atoms with van der Waals surface area (Å²) >= 11 is 0. The Morgan fingerprint density at radius 1 is 1.16 bits per heavy atom. The number of furan rings is 1. The van der Waals surface area contributed by atoms with Crippen LogP contribution in [0.3, 0.4) is 0 Å². The first-order valence-electron chi connectivity index (χ1n) is 10.2. The van der Waals surface area contributed by atoms with Gasteiger partial charge in [-0.25, -0.2) is 0 Å². The van der Waals surface area contributed by atoms with Crippen LogP contribution in [0, 0.1) is 5.92 Å². The van der Waals surface area contributed by atoms with Crippen LogP contribution in [-0.4, -0.2) is 55.9 Å². The van der Waals surface area contributed by atoms with Gasteiger partial charge in [0.15, 0.2) is 5.96 Å². The average molecular weight is 539 g/mol. The van der Waals surface area contributed by atoms with Crippen molar-refractivity contribution >= 4 is 41.8 Å². The maximum absolute atomic E-state index is 12.3. The number of amides is 2. The molecular formula is C22H30IN5O3. The smallest absolute Gasteiger partial charge is 0.239 e. The molecule has 8 nitrogen and oxygen atoms in total. The molecule has 31 heavy (non-hydrogen) atoms. The summed E-state index contributed by atoms with van der Waals surface area (Å²) in [4.78, 5) is 30.3. The predicted octanol–water partition coefficient (Wildman–Crippen LogP) is 1.77. The van der Waals surface area contributed by atoms with E-state index in [-0.39, 0.29) is 48.3 Å². The number of rotatable bonds is 9. The van der Waals surface area contributed by atoms with Crippen molar-refractivity contribution in [1.82, 2.24) is 20.9 Å². The standard InChI is InChI=1S/C22H29N5O3.HI/c1-23-22(26-15-20(28)24-14-19-8-5-11-30-19)25-13-18-12-21(29)27(16-18)10-9-17-6-3-2-4-7-17;/h2-8,11,18H,9-10,12-16H2,1H3,(H,24,28)(H2,23,25,26);1H. The van der Waals surface area contributed by atoms with Crippen LogP contribution in [0.25, 0.3) is 0 Å². The zero-order valence-electron chi connectivity index (χ0n) is 17.7. The number of halogens is 1. The minimum Gasteiger partial charge on any atom is -0.467 e. The van der Waals surface area contributed by atoms with Gasteiger partial charge in [0.2, 0.25) is 11.8 Å². The molecule has 0 bridgehead atoms. The molecule has 0 aliphatic carbocycles. The third kappa shape index (κ3) is 8.23. The Morgan fingerprint density at radius 3 is 2.68 bits per heavy atom. The second-order valence-corrected chi connectivity index (χ2v) is 7.31. The van der Waals surface area contributed by atoms with Gasteiger partial charge in [-0.2, -0.15) is 0 Å². The first-order chi connectivity index (χ1) is 14.6. The largest absolute Gasteiger partial charge is 0.467 e. The number of nitrogens with one attached hydrogen (secondary N) is 3. The number of aliphatic imine (C=N–C) groups is 1. The second kappa shape index (κ2) is 13.0. The Balaban J connectivity index is 0.00000341. The van der Waals surface area contributed by atoms with E-state index in [0.29, 0.717) is 31.2 Å². The quantitative estimate of drug-likeness (QED) is 0.257. The fourth-order valence-corrected chi connectivity index (χ4v) is 3.40. The lowest BCUT2D eigenvalue weighted by Crippen LogP contribution is -2.44. The van der Waals surface area contributed by atoms with Crippen molar-refractivity contribution in [1.29, 1.82) is 0 Å². The van der Waals surface area contributed by atoms with Gasteiger partial charge in [0.25, 0.3) is 0 Å². The molecule has 168 valence electrons. The zero-order valence-corrected chi connectivity index (χ0v) is 20.0. The van der Waals surface area contributed by atoms with Crippen molar-refractivity contribution in [3.05, 3.63) is 60.1 Å². The molecule has 0 spiro atoms. The van der Waals surface area contributed by atoms with E-state index in [1.54, 1.807) is 25.4 Å². The molecule has 1 atom stereocenters. The number of nitrogens with zero attached hydrogens (tertiary/aromatic N) is 2. The normalized spacial score (nSPS) is 16.0. The lowest BCUT2D eigenvalue weighted by atomic mass is 10.1. The minimum atomic E-state index is -0.155. The molecule has 3 N–H and O–H groups in total. The number of hydrogen-bond acceptors (Lipinski definition) is 4. The fourth-order valence-electron chi connectivity index (χ4n) is 3.40. The van der Waals surface area contributed by atoms with Gasteiger partial charge in [-0.1, -0.05) is 30.3 Å². The summed E-state index contributed by atoms with van der Waals surface area (Å²) in [6, 6.07) is 13.8. The van der Waals surface area contributed by atoms with Gasteiger partial charge in [-0.05, 0) is 24.1 Å². The molecule has 1 unspecified atom stereocenters. The van der Waals surface area contributed by atoms with Crippen LogP contribution >= 0.6 is 24.0 Å². The fraction of sp³-hybridized carbons (Fsp3) is 0.409. The Hall–Kier alpha value is -2.56. The third-order valence-corrected chi connectivity index (χ3v) is 5.05. The summed E-state index contributed by atoms with van der Waals surface area (Å²) in [5.41, 5.74) is 1.24. The van der Waals surface area contributed by atoms with Gasteiger partial charge in [-0.3, -0.25) is 14.6 Å². The Bertz CT molecular complexity index is 842. The molecular weight excluding hydrogens is 509 g/mol. The Morgan fingerprint density at radius 2 is 1.97 bits per heavy atom. The monoisotopic (exact) mass is 539 g/mol. The maximum atomic E-state index is 12.3. The van der Waals surface area contributed by atoms with Crippen LogP contribution in [0.15, 0.2) is 58.1 Å². The van der Waals surface area contributed by atoms with E-state index < -0.39 is 0 Å². The van der Waals surface area contributed by atoms with Gasteiger partial charge in [0, 0.05) is 39.0 Å². The van der Waals surface area contributed by atoms with Gasteiger partial charge >= 0.3 is 0 Å². The highest BCUT2D eigenvalue weighted by atomic mass is 127. The highest BCUT2D eigenvalue weighted by Gasteiger charge is 2.29. The van der Waals surface area contributed by atoms with E-state index in [4.69, 9.17) is 4.42 Å².